The molecule has 7 nitrogen and oxygen atoms in total. The maximum absolute atomic E-state index is 12.8. The molecular weight excluding hydrogens is 388 g/mol. The minimum absolute atomic E-state index is 0.0525. The number of rotatable bonds is 5. The molecule has 8 heteroatoms. The van der Waals surface area contributed by atoms with Crippen LogP contribution in [-0.4, -0.2) is 43.6 Å². The highest BCUT2D eigenvalue weighted by molar-refractivity contribution is 7.90. The highest BCUT2D eigenvalue weighted by Gasteiger charge is 2.18. The first-order valence-corrected chi connectivity index (χ1v) is 10.9. The number of amides is 1. The summed E-state index contributed by atoms with van der Waals surface area (Å²) in [6.45, 7) is 0.799. The molecule has 1 fully saturated rings. The van der Waals surface area contributed by atoms with Gasteiger partial charge in [-0.05, 0) is 48.7 Å². The molecule has 0 aliphatic carbocycles. The third kappa shape index (κ3) is 5.99. The highest BCUT2D eigenvalue weighted by Crippen LogP contribution is 2.20. The van der Waals surface area contributed by atoms with Gasteiger partial charge in [-0.2, -0.15) is 8.42 Å². The molecule has 0 bridgehead atoms. The number of carbonyl (C=O) groups excluding carboxylic acids is 1. The Morgan fingerprint density at radius 2 is 2.07 bits per heavy atom. The average Bonchev–Trinajstić information content (AvgIpc) is 2.91. The summed E-state index contributed by atoms with van der Waals surface area (Å²) in [6, 6.07) is 9.74. The van der Waals surface area contributed by atoms with Crippen LogP contribution in [0, 0.1) is 0 Å². The second-order valence-corrected chi connectivity index (χ2v) is 8.46. The standard InChI is InChI=1S/C21H24N4O3S/c1-25-14-4-2-3-10-20(25)24-29(27,28)19-9-5-8-18(15-19)23-21(26)12-11-17-7-6-13-22-16-17/h5-9,11-13,15-16H,2-4,10,14H2,1H3,(H,23,26)/b12-11+,24-20+. The fourth-order valence-electron chi connectivity index (χ4n) is 3.00. The van der Waals surface area contributed by atoms with E-state index in [0.717, 1.165) is 31.4 Å². The van der Waals surface area contributed by atoms with Crippen molar-refractivity contribution in [1.82, 2.24) is 9.88 Å². The van der Waals surface area contributed by atoms with E-state index in [2.05, 4.69) is 14.7 Å². The lowest BCUT2D eigenvalue weighted by atomic mass is 10.2. The molecule has 3 rings (SSSR count). The van der Waals surface area contributed by atoms with Gasteiger partial charge in [0.1, 0.15) is 5.84 Å². The number of nitrogens with zero attached hydrogens (tertiary/aromatic N) is 3. The molecule has 0 radical (unpaired) electrons. The zero-order chi connectivity index (χ0) is 20.7. The van der Waals surface area contributed by atoms with Gasteiger partial charge in [0.25, 0.3) is 10.0 Å². The van der Waals surface area contributed by atoms with E-state index in [1.807, 2.05) is 18.0 Å². The van der Waals surface area contributed by atoms with E-state index in [-0.39, 0.29) is 10.8 Å². The van der Waals surface area contributed by atoms with Crippen LogP contribution in [-0.2, 0) is 14.8 Å². The van der Waals surface area contributed by atoms with Crippen LogP contribution in [0.1, 0.15) is 31.2 Å². The van der Waals surface area contributed by atoms with Gasteiger partial charge in [-0.1, -0.05) is 18.6 Å². The number of sulfonamides is 1. The molecule has 0 atom stereocenters. The van der Waals surface area contributed by atoms with E-state index in [4.69, 9.17) is 0 Å². The smallest absolute Gasteiger partial charge is 0.284 e. The highest BCUT2D eigenvalue weighted by atomic mass is 32.2. The molecule has 0 saturated carbocycles. The van der Waals surface area contributed by atoms with E-state index in [1.165, 1.54) is 18.2 Å². The Morgan fingerprint density at radius 1 is 1.21 bits per heavy atom. The second kappa shape index (κ2) is 9.47. The normalized spacial score (nSPS) is 16.7. The van der Waals surface area contributed by atoms with Crippen LogP contribution in [0.2, 0.25) is 0 Å². The predicted octanol–water partition coefficient (Wildman–Crippen LogP) is 3.33. The quantitative estimate of drug-likeness (QED) is 0.761. The Kier molecular flexibility index (Phi) is 6.77. The number of carbonyl (C=O) groups is 1. The molecule has 1 amide bonds. The van der Waals surface area contributed by atoms with Gasteiger partial charge in [0.05, 0.1) is 4.90 Å². The summed E-state index contributed by atoms with van der Waals surface area (Å²) in [5.41, 5.74) is 1.18. The number of aromatic nitrogens is 1. The van der Waals surface area contributed by atoms with Crippen LogP contribution < -0.4 is 5.32 Å². The first-order chi connectivity index (χ1) is 13.9. The van der Waals surface area contributed by atoms with Gasteiger partial charge < -0.3 is 10.2 Å². The fraction of sp³-hybridized carbons (Fsp3) is 0.286. The summed E-state index contributed by atoms with van der Waals surface area (Å²) in [5, 5.41) is 2.68. The molecule has 1 aliphatic rings. The molecule has 0 unspecified atom stereocenters. The van der Waals surface area contributed by atoms with E-state index in [9.17, 15) is 13.2 Å². The van der Waals surface area contributed by atoms with E-state index < -0.39 is 10.0 Å². The third-order valence-electron chi connectivity index (χ3n) is 4.57. The Hall–Kier alpha value is -3.00. The summed E-state index contributed by atoms with van der Waals surface area (Å²) >= 11 is 0. The zero-order valence-electron chi connectivity index (χ0n) is 16.3. The molecule has 2 aromatic rings. The number of likely N-dealkylation sites (tertiary alicyclic amines) is 1. The molecule has 0 spiro atoms. The monoisotopic (exact) mass is 412 g/mol. The topological polar surface area (TPSA) is 91.7 Å². The van der Waals surface area contributed by atoms with Crippen molar-refractivity contribution in [2.75, 3.05) is 18.9 Å². The Balaban J connectivity index is 1.74. The van der Waals surface area contributed by atoms with Crippen LogP contribution in [0.15, 0.2) is 64.2 Å². The first-order valence-electron chi connectivity index (χ1n) is 9.48. The van der Waals surface area contributed by atoms with Crippen molar-refractivity contribution in [3.8, 4) is 0 Å². The Morgan fingerprint density at radius 3 is 2.86 bits per heavy atom. The molecular formula is C21H24N4O3S. The number of amidine groups is 1. The van der Waals surface area contributed by atoms with E-state index >= 15 is 0 Å². The van der Waals surface area contributed by atoms with Crippen LogP contribution in [0.5, 0.6) is 0 Å². The van der Waals surface area contributed by atoms with Gasteiger partial charge in [0.2, 0.25) is 5.91 Å². The molecule has 29 heavy (non-hydrogen) atoms. The second-order valence-electron chi connectivity index (χ2n) is 6.85. The largest absolute Gasteiger partial charge is 0.362 e. The minimum atomic E-state index is -3.85. The van der Waals surface area contributed by atoms with Gasteiger partial charge in [-0.15, -0.1) is 4.40 Å². The molecule has 2 heterocycles. The summed E-state index contributed by atoms with van der Waals surface area (Å²) < 4.78 is 29.6. The number of anilines is 1. The van der Waals surface area contributed by atoms with Crippen molar-refractivity contribution in [1.29, 1.82) is 0 Å². The van der Waals surface area contributed by atoms with Gasteiger partial charge in [0, 0.05) is 44.2 Å². The van der Waals surface area contributed by atoms with Crippen molar-refractivity contribution >= 4 is 33.5 Å². The average molecular weight is 413 g/mol. The maximum atomic E-state index is 12.8. The van der Waals surface area contributed by atoms with Gasteiger partial charge in [-0.25, -0.2) is 0 Å². The van der Waals surface area contributed by atoms with Crippen molar-refractivity contribution < 1.29 is 13.2 Å². The lowest BCUT2D eigenvalue weighted by Gasteiger charge is -2.17. The van der Waals surface area contributed by atoms with E-state index in [0.29, 0.717) is 17.9 Å². The van der Waals surface area contributed by atoms with Crippen LogP contribution >= 0.6 is 0 Å². The summed E-state index contributed by atoms with van der Waals surface area (Å²) in [5.74, 6) is 0.217. The van der Waals surface area contributed by atoms with E-state index in [1.54, 1.807) is 36.7 Å². The lowest BCUT2D eigenvalue weighted by Crippen LogP contribution is -2.26. The molecule has 152 valence electrons. The number of hydrogen-bond acceptors (Lipinski definition) is 4. The van der Waals surface area contributed by atoms with Gasteiger partial charge in [0.15, 0.2) is 0 Å². The molecule has 1 aliphatic heterocycles. The molecule has 1 aromatic carbocycles. The summed E-state index contributed by atoms with van der Waals surface area (Å²) in [7, 11) is -1.99. The number of pyridine rings is 1. The first kappa shape index (κ1) is 20.7. The van der Waals surface area contributed by atoms with Crippen LogP contribution in [0.25, 0.3) is 6.08 Å². The zero-order valence-corrected chi connectivity index (χ0v) is 17.1. The Bertz CT molecular complexity index is 1020. The van der Waals surface area contributed by atoms with Crippen molar-refractivity contribution in [3.63, 3.8) is 0 Å². The summed E-state index contributed by atoms with van der Waals surface area (Å²) in [4.78, 5) is 18.1. The van der Waals surface area contributed by atoms with Gasteiger partial charge >= 0.3 is 0 Å². The molecule has 1 N–H and O–H groups in total. The van der Waals surface area contributed by atoms with Crippen LogP contribution in [0.3, 0.4) is 0 Å². The number of nitrogens with one attached hydrogen (secondary N) is 1. The third-order valence-corrected chi connectivity index (χ3v) is 5.87. The molecule has 1 aromatic heterocycles. The maximum Gasteiger partial charge on any atom is 0.284 e. The molecule has 1 saturated heterocycles. The van der Waals surface area contributed by atoms with Gasteiger partial charge in [-0.3, -0.25) is 9.78 Å². The number of benzene rings is 1. The lowest BCUT2D eigenvalue weighted by molar-refractivity contribution is -0.111. The fourth-order valence-corrected chi connectivity index (χ4v) is 4.14. The van der Waals surface area contributed by atoms with Crippen molar-refractivity contribution in [2.24, 2.45) is 4.40 Å². The number of hydrogen-bond donors (Lipinski definition) is 1. The minimum Gasteiger partial charge on any atom is -0.362 e. The van der Waals surface area contributed by atoms with Crippen molar-refractivity contribution in [2.45, 2.75) is 30.6 Å². The SMILES string of the molecule is CN1CCCCC/C1=N\S(=O)(=O)c1cccc(NC(=O)/C=C/c2cccnc2)c1. The predicted molar refractivity (Wildman–Crippen MR) is 114 cm³/mol. The Labute approximate surface area is 171 Å². The van der Waals surface area contributed by atoms with Crippen molar-refractivity contribution in [3.05, 3.63) is 60.4 Å². The van der Waals surface area contributed by atoms with Crippen LogP contribution in [0.4, 0.5) is 5.69 Å². The summed E-state index contributed by atoms with van der Waals surface area (Å²) in [6.07, 6.45) is 9.97.